The summed E-state index contributed by atoms with van der Waals surface area (Å²) in [4.78, 5) is 13.2. The van der Waals surface area contributed by atoms with Crippen LogP contribution in [-0.4, -0.2) is 32.2 Å². The molecule has 2 aromatic carbocycles. The first-order valence-electron chi connectivity index (χ1n) is 9.13. The van der Waals surface area contributed by atoms with Gasteiger partial charge >= 0.3 is 0 Å². The predicted octanol–water partition coefficient (Wildman–Crippen LogP) is 4.16. The average molecular weight is 388 g/mol. The van der Waals surface area contributed by atoms with Crippen molar-refractivity contribution in [3.8, 4) is 0 Å². The Balaban J connectivity index is 2.03. The Morgan fingerprint density at radius 1 is 1.22 bits per heavy atom. The molecule has 0 N–H and O–H groups in total. The number of rotatable bonds is 6. The number of benzene rings is 2. The van der Waals surface area contributed by atoms with Crippen molar-refractivity contribution in [3.05, 3.63) is 64.2 Å². The molecule has 7 heteroatoms. The number of nitro benzene ring substituents is 1. The number of hydrogen-bond donors (Lipinski definition) is 0. The normalized spacial score (nSPS) is 18.4. The maximum absolute atomic E-state index is 11.8. The highest BCUT2D eigenvalue weighted by molar-refractivity contribution is 7.90. The zero-order valence-corrected chi connectivity index (χ0v) is 16.4. The SMILES string of the molecule is CCC(c1ccccc1)C1CCCN1c1ccc(S(C)(=O)=O)cc1[N+](=O)[O-]. The average Bonchev–Trinajstić information content (AvgIpc) is 3.11. The van der Waals surface area contributed by atoms with E-state index in [4.69, 9.17) is 0 Å². The number of hydrogen-bond acceptors (Lipinski definition) is 5. The maximum atomic E-state index is 11.8. The zero-order valence-electron chi connectivity index (χ0n) is 15.5. The lowest BCUT2D eigenvalue weighted by Crippen LogP contribution is -2.34. The van der Waals surface area contributed by atoms with E-state index in [9.17, 15) is 18.5 Å². The molecule has 0 radical (unpaired) electrons. The van der Waals surface area contributed by atoms with Gasteiger partial charge in [-0.1, -0.05) is 37.3 Å². The van der Waals surface area contributed by atoms with Crippen LogP contribution >= 0.6 is 0 Å². The van der Waals surface area contributed by atoms with Crippen LogP contribution in [0.2, 0.25) is 0 Å². The summed E-state index contributed by atoms with van der Waals surface area (Å²) >= 11 is 0. The van der Waals surface area contributed by atoms with Crippen LogP contribution in [0.1, 0.15) is 37.7 Å². The van der Waals surface area contributed by atoms with E-state index in [1.165, 1.54) is 17.7 Å². The fourth-order valence-electron chi connectivity index (χ4n) is 4.06. The zero-order chi connectivity index (χ0) is 19.6. The quantitative estimate of drug-likeness (QED) is 0.548. The van der Waals surface area contributed by atoms with Gasteiger partial charge in [0.25, 0.3) is 5.69 Å². The molecule has 3 rings (SSSR count). The van der Waals surface area contributed by atoms with E-state index in [0.717, 1.165) is 32.1 Å². The molecule has 1 aliphatic heterocycles. The van der Waals surface area contributed by atoms with Crippen molar-refractivity contribution < 1.29 is 13.3 Å². The summed E-state index contributed by atoms with van der Waals surface area (Å²) < 4.78 is 23.6. The third-order valence-corrected chi connectivity index (χ3v) is 6.42. The molecule has 2 atom stereocenters. The van der Waals surface area contributed by atoms with Crippen molar-refractivity contribution in [2.45, 2.75) is 43.0 Å². The molecule has 2 unspecified atom stereocenters. The second-order valence-corrected chi connectivity index (χ2v) is 9.02. The lowest BCUT2D eigenvalue weighted by Gasteiger charge is -2.33. The molecule has 6 nitrogen and oxygen atoms in total. The number of sulfone groups is 1. The van der Waals surface area contributed by atoms with Gasteiger partial charge in [-0.15, -0.1) is 0 Å². The summed E-state index contributed by atoms with van der Waals surface area (Å²) in [5.74, 6) is 0.267. The van der Waals surface area contributed by atoms with E-state index in [0.29, 0.717) is 5.69 Å². The Hall–Kier alpha value is -2.41. The van der Waals surface area contributed by atoms with Crippen molar-refractivity contribution in [2.75, 3.05) is 17.7 Å². The van der Waals surface area contributed by atoms with E-state index in [-0.39, 0.29) is 22.5 Å². The molecule has 2 aromatic rings. The Kier molecular flexibility index (Phi) is 5.51. The summed E-state index contributed by atoms with van der Waals surface area (Å²) in [5, 5.41) is 11.7. The van der Waals surface area contributed by atoms with Crippen LogP contribution in [-0.2, 0) is 9.84 Å². The number of nitro groups is 1. The van der Waals surface area contributed by atoms with Gasteiger partial charge in [-0.25, -0.2) is 8.42 Å². The lowest BCUT2D eigenvalue weighted by atomic mass is 9.87. The van der Waals surface area contributed by atoms with Crippen LogP contribution < -0.4 is 4.90 Å². The first-order chi connectivity index (χ1) is 12.8. The smallest absolute Gasteiger partial charge is 0.293 e. The standard InChI is InChI=1S/C20H24N2O4S/c1-3-17(15-8-5-4-6-9-15)18-10-7-13-21(18)19-12-11-16(27(2,25)26)14-20(19)22(23)24/h4-6,8-9,11-12,14,17-18H,3,7,10,13H2,1-2H3. The molecule has 0 saturated carbocycles. The van der Waals surface area contributed by atoms with E-state index < -0.39 is 14.8 Å². The second-order valence-electron chi connectivity index (χ2n) is 7.01. The van der Waals surface area contributed by atoms with Crippen molar-refractivity contribution >= 4 is 21.2 Å². The number of anilines is 1. The van der Waals surface area contributed by atoms with E-state index in [2.05, 4.69) is 24.0 Å². The summed E-state index contributed by atoms with van der Waals surface area (Å²) in [6.07, 6.45) is 3.91. The summed E-state index contributed by atoms with van der Waals surface area (Å²) in [6, 6.07) is 14.6. The highest BCUT2D eigenvalue weighted by atomic mass is 32.2. The van der Waals surface area contributed by atoms with Crippen LogP contribution in [0.15, 0.2) is 53.4 Å². The topological polar surface area (TPSA) is 80.5 Å². The maximum Gasteiger partial charge on any atom is 0.293 e. The molecule has 1 saturated heterocycles. The van der Waals surface area contributed by atoms with Gasteiger partial charge in [0.1, 0.15) is 5.69 Å². The molecule has 144 valence electrons. The van der Waals surface area contributed by atoms with Crippen LogP contribution in [0.4, 0.5) is 11.4 Å². The van der Waals surface area contributed by atoms with Gasteiger partial charge in [-0.05, 0) is 37.0 Å². The highest BCUT2D eigenvalue weighted by Gasteiger charge is 2.35. The monoisotopic (exact) mass is 388 g/mol. The van der Waals surface area contributed by atoms with Crippen LogP contribution in [0.5, 0.6) is 0 Å². The molecule has 0 aromatic heterocycles. The van der Waals surface area contributed by atoms with Gasteiger partial charge in [0.2, 0.25) is 0 Å². The lowest BCUT2D eigenvalue weighted by molar-refractivity contribution is -0.384. The van der Waals surface area contributed by atoms with Crippen molar-refractivity contribution in [3.63, 3.8) is 0 Å². The third-order valence-electron chi connectivity index (χ3n) is 5.31. The first kappa shape index (κ1) is 19.4. The van der Waals surface area contributed by atoms with Gasteiger partial charge in [-0.2, -0.15) is 0 Å². The Morgan fingerprint density at radius 2 is 1.93 bits per heavy atom. The van der Waals surface area contributed by atoms with Gasteiger partial charge in [0.15, 0.2) is 9.84 Å². The minimum atomic E-state index is -3.50. The fraction of sp³-hybridized carbons (Fsp3) is 0.400. The Labute approximate surface area is 159 Å². The van der Waals surface area contributed by atoms with E-state index >= 15 is 0 Å². The van der Waals surface area contributed by atoms with Crippen molar-refractivity contribution in [1.29, 1.82) is 0 Å². The molecule has 0 amide bonds. The molecule has 27 heavy (non-hydrogen) atoms. The first-order valence-corrected chi connectivity index (χ1v) is 11.0. The molecule has 0 spiro atoms. The summed E-state index contributed by atoms with van der Waals surface area (Å²) in [5.41, 5.74) is 1.59. The van der Waals surface area contributed by atoms with E-state index in [1.807, 2.05) is 18.2 Å². The van der Waals surface area contributed by atoms with Gasteiger partial charge in [0.05, 0.1) is 9.82 Å². The molecule has 1 aliphatic rings. The molecule has 1 fully saturated rings. The van der Waals surface area contributed by atoms with Crippen molar-refractivity contribution in [2.24, 2.45) is 0 Å². The fourth-order valence-corrected chi connectivity index (χ4v) is 4.70. The summed E-state index contributed by atoms with van der Waals surface area (Å²) in [6.45, 7) is 2.86. The highest BCUT2D eigenvalue weighted by Crippen LogP contribution is 2.40. The summed E-state index contributed by atoms with van der Waals surface area (Å²) in [7, 11) is -3.50. The number of nitrogens with zero attached hydrogens (tertiary/aromatic N) is 2. The molecular formula is C20H24N2O4S. The molecule has 0 bridgehead atoms. The van der Waals surface area contributed by atoms with Gasteiger partial charge in [-0.3, -0.25) is 10.1 Å². The van der Waals surface area contributed by atoms with Crippen LogP contribution in [0.25, 0.3) is 0 Å². The second kappa shape index (κ2) is 7.68. The molecule has 0 aliphatic carbocycles. The third kappa shape index (κ3) is 3.98. The minimum absolute atomic E-state index is 0.0243. The van der Waals surface area contributed by atoms with E-state index in [1.54, 1.807) is 6.07 Å². The molecular weight excluding hydrogens is 364 g/mol. The predicted molar refractivity (Wildman–Crippen MR) is 106 cm³/mol. The largest absolute Gasteiger partial charge is 0.362 e. The van der Waals surface area contributed by atoms with Crippen LogP contribution in [0, 0.1) is 10.1 Å². The van der Waals surface area contributed by atoms with Crippen LogP contribution in [0.3, 0.4) is 0 Å². The van der Waals surface area contributed by atoms with Gasteiger partial charge in [0, 0.05) is 30.8 Å². The minimum Gasteiger partial charge on any atom is -0.362 e. The Bertz CT molecular complexity index is 928. The Morgan fingerprint density at radius 3 is 2.52 bits per heavy atom. The van der Waals surface area contributed by atoms with Gasteiger partial charge < -0.3 is 4.90 Å². The van der Waals surface area contributed by atoms with Crippen molar-refractivity contribution in [1.82, 2.24) is 0 Å². The molecule has 1 heterocycles.